The maximum Gasteiger partial charge on any atom is 0.155 e. The molecule has 0 aromatic heterocycles. The highest BCUT2D eigenvalue weighted by molar-refractivity contribution is 5.88. The Morgan fingerprint density at radius 1 is 1.25 bits per heavy atom. The average molecular weight is 219 g/mol. The van der Waals surface area contributed by atoms with Gasteiger partial charge in [-0.05, 0) is 19.0 Å². The quantitative estimate of drug-likeness (QED) is 0.842. The first kappa shape index (κ1) is 12.9. The number of ketones is 1. The van der Waals surface area contributed by atoms with Gasteiger partial charge in [0, 0.05) is 5.41 Å². The van der Waals surface area contributed by atoms with Crippen molar-refractivity contribution in [3.8, 4) is 0 Å². The van der Waals surface area contributed by atoms with E-state index in [2.05, 4.69) is 17.4 Å². The number of carbonyl (C=O) groups is 1. The van der Waals surface area contributed by atoms with Gasteiger partial charge >= 0.3 is 0 Å². The Kier molecular flexibility index (Phi) is 4.25. The fourth-order valence-electron chi connectivity index (χ4n) is 1.70. The normalized spacial score (nSPS) is 13.5. The number of benzene rings is 1. The summed E-state index contributed by atoms with van der Waals surface area (Å²) in [5.74, 6) is 0.263. The zero-order valence-corrected chi connectivity index (χ0v) is 10.6. The third kappa shape index (κ3) is 3.46. The Balaban J connectivity index is 2.74. The molecule has 1 unspecified atom stereocenters. The van der Waals surface area contributed by atoms with Crippen molar-refractivity contribution in [3.63, 3.8) is 0 Å². The Morgan fingerprint density at radius 3 is 2.25 bits per heavy atom. The lowest BCUT2D eigenvalue weighted by Gasteiger charge is -2.24. The first-order valence-electron chi connectivity index (χ1n) is 5.70. The van der Waals surface area contributed by atoms with Gasteiger partial charge in [0.25, 0.3) is 0 Å². The van der Waals surface area contributed by atoms with E-state index in [9.17, 15) is 4.79 Å². The highest BCUT2D eigenvalue weighted by Crippen LogP contribution is 2.18. The van der Waals surface area contributed by atoms with E-state index in [1.54, 1.807) is 0 Å². The molecule has 0 heterocycles. The van der Waals surface area contributed by atoms with Crippen LogP contribution in [-0.4, -0.2) is 18.9 Å². The van der Waals surface area contributed by atoms with Gasteiger partial charge < -0.3 is 5.32 Å². The maximum absolute atomic E-state index is 12.1. The van der Waals surface area contributed by atoms with Crippen LogP contribution >= 0.6 is 0 Å². The summed E-state index contributed by atoms with van der Waals surface area (Å²) in [6.45, 7) is 5.89. The lowest BCUT2D eigenvalue weighted by atomic mass is 9.84. The second kappa shape index (κ2) is 5.26. The van der Waals surface area contributed by atoms with E-state index in [1.165, 1.54) is 5.56 Å². The van der Waals surface area contributed by atoms with Crippen molar-refractivity contribution in [1.29, 1.82) is 0 Å². The third-order valence-electron chi connectivity index (χ3n) is 2.69. The molecule has 0 aliphatic heterocycles. The molecule has 16 heavy (non-hydrogen) atoms. The van der Waals surface area contributed by atoms with Crippen LogP contribution in [0.5, 0.6) is 0 Å². The largest absolute Gasteiger partial charge is 0.310 e. The lowest BCUT2D eigenvalue weighted by Crippen LogP contribution is -2.42. The SMILES string of the molecule is CNC(Cc1ccccc1)C(=O)C(C)(C)C. The highest BCUT2D eigenvalue weighted by atomic mass is 16.1. The molecule has 0 radical (unpaired) electrons. The molecule has 1 rings (SSSR count). The number of nitrogens with one attached hydrogen (secondary N) is 1. The van der Waals surface area contributed by atoms with Gasteiger partial charge in [-0.15, -0.1) is 0 Å². The summed E-state index contributed by atoms with van der Waals surface area (Å²) in [6, 6.07) is 10.0. The molecule has 88 valence electrons. The van der Waals surface area contributed by atoms with E-state index in [0.29, 0.717) is 0 Å². The standard InChI is InChI=1S/C14H21NO/c1-14(2,3)13(16)12(15-4)10-11-8-6-5-7-9-11/h5-9,12,15H,10H2,1-4H3. The lowest BCUT2D eigenvalue weighted by molar-refractivity contribution is -0.128. The van der Waals surface area contributed by atoms with Crippen LogP contribution in [0.15, 0.2) is 30.3 Å². The van der Waals surface area contributed by atoms with Crippen LogP contribution in [-0.2, 0) is 11.2 Å². The number of rotatable bonds is 4. The summed E-state index contributed by atoms with van der Waals surface area (Å²) in [5.41, 5.74) is 0.905. The topological polar surface area (TPSA) is 29.1 Å². The average Bonchev–Trinajstić information content (AvgIpc) is 2.25. The Hall–Kier alpha value is -1.15. The van der Waals surface area contributed by atoms with E-state index in [0.717, 1.165) is 6.42 Å². The van der Waals surface area contributed by atoms with Crippen molar-refractivity contribution in [2.24, 2.45) is 5.41 Å². The molecule has 0 fully saturated rings. The predicted molar refractivity (Wildman–Crippen MR) is 67.5 cm³/mol. The van der Waals surface area contributed by atoms with Crippen molar-refractivity contribution in [3.05, 3.63) is 35.9 Å². The van der Waals surface area contributed by atoms with E-state index in [-0.39, 0.29) is 17.2 Å². The van der Waals surface area contributed by atoms with Gasteiger partial charge in [0.15, 0.2) is 5.78 Å². The third-order valence-corrected chi connectivity index (χ3v) is 2.69. The van der Waals surface area contributed by atoms with Crippen molar-refractivity contribution in [1.82, 2.24) is 5.32 Å². The molecule has 0 bridgehead atoms. The van der Waals surface area contributed by atoms with Crippen LogP contribution in [0.25, 0.3) is 0 Å². The van der Waals surface area contributed by atoms with Gasteiger partial charge in [0.05, 0.1) is 6.04 Å². The first-order chi connectivity index (χ1) is 7.45. The molecule has 2 heteroatoms. The van der Waals surface area contributed by atoms with Crippen molar-refractivity contribution in [2.45, 2.75) is 33.2 Å². The van der Waals surface area contributed by atoms with E-state index in [1.807, 2.05) is 46.0 Å². The molecule has 0 aliphatic rings. The van der Waals surface area contributed by atoms with Gasteiger partial charge in [-0.1, -0.05) is 51.1 Å². The minimum Gasteiger partial charge on any atom is -0.310 e. The van der Waals surface area contributed by atoms with Crippen LogP contribution in [0.2, 0.25) is 0 Å². The monoisotopic (exact) mass is 219 g/mol. The summed E-state index contributed by atoms with van der Waals surface area (Å²) in [7, 11) is 1.84. The van der Waals surface area contributed by atoms with Crippen LogP contribution in [0.1, 0.15) is 26.3 Å². The minimum atomic E-state index is -0.289. The molecule has 0 saturated carbocycles. The molecule has 1 aromatic rings. The van der Waals surface area contributed by atoms with Crippen molar-refractivity contribution < 1.29 is 4.79 Å². The fraction of sp³-hybridized carbons (Fsp3) is 0.500. The second-order valence-electron chi connectivity index (χ2n) is 5.15. The van der Waals surface area contributed by atoms with E-state index in [4.69, 9.17) is 0 Å². The first-order valence-corrected chi connectivity index (χ1v) is 5.70. The summed E-state index contributed by atoms with van der Waals surface area (Å²) < 4.78 is 0. The van der Waals surface area contributed by atoms with Crippen LogP contribution < -0.4 is 5.32 Å². The molecular formula is C14H21NO. The zero-order chi connectivity index (χ0) is 12.2. The Labute approximate surface area is 98.1 Å². The summed E-state index contributed by atoms with van der Waals surface area (Å²) in [5, 5.41) is 3.11. The van der Waals surface area contributed by atoms with E-state index < -0.39 is 0 Å². The minimum absolute atomic E-state index is 0.0950. The number of carbonyl (C=O) groups excluding carboxylic acids is 1. The van der Waals surface area contributed by atoms with Crippen molar-refractivity contribution >= 4 is 5.78 Å². The maximum atomic E-state index is 12.1. The summed E-state index contributed by atoms with van der Waals surface area (Å²) >= 11 is 0. The van der Waals surface area contributed by atoms with Gasteiger partial charge in [-0.2, -0.15) is 0 Å². The molecule has 1 aromatic carbocycles. The van der Waals surface area contributed by atoms with Gasteiger partial charge in [0.2, 0.25) is 0 Å². The number of hydrogen-bond donors (Lipinski definition) is 1. The molecular weight excluding hydrogens is 198 g/mol. The van der Waals surface area contributed by atoms with Gasteiger partial charge in [0.1, 0.15) is 0 Å². The Bertz CT molecular complexity index is 338. The van der Waals surface area contributed by atoms with Gasteiger partial charge in [-0.25, -0.2) is 0 Å². The van der Waals surface area contributed by atoms with Crippen LogP contribution in [0.4, 0.5) is 0 Å². The van der Waals surface area contributed by atoms with Gasteiger partial charge in [-0.3, -0.25) is 4.79 Å². The van der Waals surface area contributed by atoms with E-state index >= 15 is 0 Å². The molecule has 0 amide bonds. The molecule has 0 saturated heterocycles. The number of likely N-dealkylation sites (N-methyl/N-ethyl adjacent to an activating group) is 1. The van der Waals surface area contributed by atoms with Crippen LogP contribution in [0.3, 0.4) is 0 Å². The smallest absolute Gasteiger partial charge is 0.155 e. The zero-order valence-electron chi connectivity index (χ0n) is 10.6. The van der Waals surface area contributed by atoms with Crippen LogP contribution in [0, 0.1) is 5.41 Å². The summed E-state index contributed by atoms with van der Waals surface area (Å²) in [6.07, 6.45) is 0.757. The predicted octanol–water partition coefficient (Wildman–Crippen LogP) is 2.43. The second-order valence-corrected chi connectivity index (χ2v) is 5.15. The molecule has 0 aliphatic carbocycles. The number of Topliss-reactive ketones (excluding diaryl/α,β-unsaturated/α-hetero) is 1. The molecule has 0 spiro atoms. The summed E-state index contributed by atoms with van der Waals surface area (Å²) in [4.78, 5) is 12.1. The Morgan fingerprint density at radius 2 is 1.81 bits per heavy atom. The van der Waals surface area contributed by atoms with Crippen molar-refractivity contribution in [2.75, 3.05) is 7.05 Å². The molecule has 2 nitrogen and oxygen atoms in total. The number of hydrogen-bond acceptors (Lipinski definition) is 2. The molecule has 1 N–H and O–H groups in total. The molecule has 1 atom stereocenters. The fourth-order valence-corrected chi connectivity index (χ4v) is 1.70. The highest BCUT2D eigenvalue weighted by Gasteiger charge is 2.28.